The van der Waals surface area contributed by atoms with Gasteiger partial charge in [0.25, 0.3) is 0 Å². The van der Waals surface area contributed by atoms with Crippen LogP contribution in [-0.2, 0) is 37.1 Å². The van der Waals surface area contributed by atoms with Gasteiger partial charge in [-0.2, -0.15) is 0 Å². The first-order valence-electron chi connectivity index (χ1n) is 9.62. The third-order valence-corrected chi connectivity index (χ3v) is 4.29. The number of nitrogens with two attached hydrogens (primary N) is 2. The predicted molar refractivity (Wildman–Crippen MR) is 118 cm³/mol. The van der Waals surface area contributed by atoms with Crippen molar-refractivity contribution in [2.45, 2.75) is 38.1 Å². The molecular weight excluding hydrogens is 422 g/mol. The van der Waals surface area contributed by atoms with E-state index in [0.29, 0.717) is 6.61 Å². The lowest BCUT2D eigenvalue weighted by atomic mass is 10.1. The molecule has 0 aliphatic rings. The molecule has 0 unspecified atom stereocenters. The van der Waals surface area contributed by atoms with Crippen molar-refractivity contribution in [2.24, 2.45) is 11.5 Å². The quantitative estimate of drug-likeness (QED) is 0.420. The first-order chi connectivity index (χ1) is 14.5. The van der Waals surface area contributed by atoms with Gasteiger partial charge < -0.3 is 26.3 Å². The molecule has 2 amide bonds. The second-order valence-corrected chi connectivity index (χ2v) is 6.76. The third kappa shape index (κ3) is 10.1. The zero-order chi connectivity index (χ0) is 21.8. The fraction of sp³-hybridized carbons (Fsp3) is 0.318. The van der Waals surface area contributed by atoms with Crippen molar-refractivity contribution in [2.75, 3.05) is 6.61 Å². The highest BCUT2D eigenvalue weighted by Crippen LogP contribution is 2.05. The molecule has 2 atom stereocenters. The van der Waals surface area contributed by atoms with Gasteiger partial charge in [-0.1, -0.05) is 60.7 Å². The molecule has 0 fully saturated rings. The minimum atomic E-state index is -1.03. The Morgan fingerprint density at radius 3 is 2.00 bits per heavy atom. The van der Waals surface area contributed by atoms with Gasteiger partial charge in [-0.15, -0.1) is 12.4 Å². The summed E-state index contributed by atoms with van der Waals surface area (Å²) in [6, 6.07) is 16.7. The molecule has 168 valence electrons. The standard InChI is InChI=1S/C22H27N3O5.ClH/c23-18(15-29-13-16-7-3-1-4-8-16)22(28)25-19(21(24)27)11-12-20(26)30-14-17-9-5-2-6-10-17;/h1-10,18-19H,11-15,23H2,(H2,24,27)(H,25,28);1H/t18-,19+;/m0./s1. The van der Waals surface area contributed by atoms with Gasteiger partial charge in [-0.3, -0.25) is 14.4 Å². The molecular formula is C22H28ClN3O5. The van der Waals surface area contributed by atoms with Crippen molar-refractivity contribution in [1.29, 1.82) is 0 Å². The first-order valence-corrected chi connectivity index (χ1v) is 9.62. The van der Waals surface area contributed by atoms with Crippen LogP contribution in [0.25, 0.3) is 0 Å². The van der Waals surface area contributed by atoms with E-state index >= 15 is 0 Å². The van der Waals surface area contributed by atoms with E-state index in [1.807, 2.05) is 60.7 Å². The maximum atomic E-state index is 12.2. The smallest absolute Gasteiger partial charge is 0.306 e. The van der Waals surface area contributed by atoms with Crippen LogP contribution in [0.1, 0.15) is 24.0 Å². The summed E-state index contributed by atoms with van der Waals surface area (Å²) in [5.74, 6) is -1.82. The van der Waals surface area contributed by atoms with E-state index in [-0.39, 0.29) is 38.5 Å². The van der Waals surface area contributed by atoms with Crippen LogP contribution < -0.4 is 16.8 Å². The molecule has 0 saturated heterocycles. The van der Waals surface area contributed by atoms with Crippen LogP contribution >= 0.6 is 12.4 Å². The van der Waals surface area contributed by atoms with Gasteiger partial charge in [0.2, 0.25) is 11.8 Å². The minimum absolute atomic E-state index is 0. The van der Waals surface area contributed by atoms with Gasteiger partial charge in [0.15, 0.2) is 0 Å². The zero-order valence-electron chi connectivity index (χ0n) is 17.1. The Morgan fingerprint density at radius 1 is 0.903 bits per heavy atom. The molecule has 0 aromatic heterocycles. The normalized spacial score (nSPS) is 12.2. The number of carbonyl (C=O) groups excluding carboxylic acids is 3. The number of carbonyl (C=O) groups is 3. The molecule has 0 bridgehead atoms. The van der Waals surface area contributed by atoms with Crippen molar-refractivity contribution >= 4 is 30.2 Å². The molecule has 9 heteroatoms. The molecule has 8 nitrogen and oxygen atoms in total. The average molecular weight is 450 g/mol. The number of amides is 2. The van der Waals surface area contributed by atoms with Crippen LogP contribution in [0, 0.1) is 0 Å². The molecule has 0 saturated carbocycles. The van der Waals surface area contributed by atoms with Crippen LogP contribution in [0.4, 0.5) is 0 Å². The lowest BCUT2D eigenvalue weighted by Gasteiger charge is -2.18. The fourth-order valence-electron chi connectivity index (χ4n) is 2.59. The van der Waals surface area contributed by atoms with E-state index in [1.165, 1.54) is 0 Å². The Balaban J connectivity index is 0.00000480. The Kier molecular flexibility index (Phi) is 11.9. The van der Waals surface area contributed by atoms with Gasteiger partial charge >= 0.3 is 5.97 Å². The van der Waals surface area contributed by atoms with E-state index < -0.39 is 29.9 Å². The highest BCUT2D eigenvalue weighted by Gasteiger charge is 2.23. The van der Waals surface area contributed by atoms with E-state index in [2.05, 4.69) is 5.32 Å². The van der Waals surface area contributed by atoms with Gasteiger partial charge in [-0.05, 0) is 17.5 Å². The van der Waals surface area contributed by atoms with Crippen molar-refractivity contribution < 1.29 is 23.9 Å². The van der Waals surface area contributed by atoms with Crippen LogP contribution in [0.15, 0.2) is 60.7 Å². The summed E-state index contributed by atoms with van der Waals surface area (Å²) < 4.78 is 10.6. The Labute approximate surface area is 187 Å². The summed E-state index contributed by atoms with van der Waals surface area (Å²) in [7, 11) is 0. The van der Waals surface area contributed by atoms with Gasteiger partial charge in [-0.25, -0.2) is 0 Å². The number of esters is 1. The molecule has 2 rings (SSSR count). The van der Waals surface area contributed by atoms with Gasteiger partial charge in [0, 0.05) is 6.42 Å². The summed E-state index contributed by atoms with van der Waals surface area (Å²) >= 11 is 0. The van der Waals surface area contributed by atoms with E-state index in [1.54, 1.807) is 0 Å². The SMILES string of the molecule is Cl.NC(=O)[C@@H](CCC(=O)OCc1ccccc1)NC(=O)[C@@H](N)COCc1ccccc1. The Morgan fingerprint density at radius 2 is 1.45 bits per heavy atom. The average Bonchev–Trinajstić information content (AvgIpc) is 2.76. The third-order valence-electron chi connectivity index (χ3n) is 4.29. The van der Waals surface area contributed by atoms with E-state index in [4.69, 9.17) is 20.9 Å². The molecule has 0 spiro atoms. The van der Waals surface area contributed by atoms with Crippen LogP contribution in [-0.4, -0.2) is 36.5 Å². The van der Waals surface area contributed by atoms with Crippen LogP contribution in [0.5, 0.6) is 0 Å². The monoisotopic (exact) mass is 449 g/mol. The predicted octanol–water partition coefficient (Wildman–Crippen LogP) is 1.45. The van der Waals surface area contributed by atoms with Crippen molar-refractivity contribution in [1.82, 2.24) is 5.32 Å². The summed E-state index contributed by atoms with van der Waals surface area (Å²) in [5, 5.41) is 2.47. The van der Waals surface area contributed by atoms with Crippen molar-refractivity contribution in [3.63, 3.8) is 0 Å². The summed E-state index contributed by atoms with van der Waals surface area (Å²) in [5.41, 5.74) is 13.0. The second kappa shape index (κ2) is 14.1. The van der Waals surface area contributed by atoms with Crippen molar-refractivity contribution in [3.8, 4) is 0 Å². The molecule has 0 radical (unpaired) electrons. The zero-order valence-corrected chi connectivity index (χ0v) is 17.9. The summed E-state index contributed by atoms with van der Waals surface area (Å²) in [4.78, 5) is 35.8. The maximum absolute atomic E-state index is 12.2. The molecule has 0 aliphatic heterocycles. The first kappa shape index (κ1) is 26.1. The molecule has 2 aromatic rings. The summed E-state index contributed by atoms with van der Waals surface area (Å²) in [6.45, 7) is 0.427. The topological polar surface area (TPSA) is 134 Å². The highest BCUT2D eigenvalue weighted by molar-refractivity contribution is 5.89. The van der Waals surface area contributed by atoms with Gasteiger partial charge in [0.1, 0.15) is 18.7 Å². The second-order valence-electron chi connectivity index (χ2n) is 6.76. The molecule has 5 N–H and O–H groups in total. The largest absolute Gasteiger partial charge is 0.461 e. The molecule has 31 heavy (non-hydrogen) atoms. The summed E-state index contributed by atoms with van der Waals surface area (Å²) in [6.07, 6.45) is -0.0489. The highest BCUT2D eigenvalue weighted by atomic mass is 35.5. The van der Waals surface area contributed by atoms with Crippen LogP contribution in [0.3, 0.4) is 0 Å². The number of ether oxygens (including phenoxy) is 2. The number of benzene rings is 2. The Bertz CT molecular complexity index is 820. The van der Waals surface area contributed by atoms with E-state index in [9.17, 15) is 14.4 Å². The number of hydrogen-bond acceptors (Lipinski definition) is 6. The lowest BCUT2D eigenvalue weighted by Crippen LogP contribution is -2.51. The molecule has 0 heterocycles. The van der Waals surface area contributed by atoms with Crippen LogP contribution in [0.2, 0.25) is 0 Å². The number of nitrogens with one attached hydrogen (secondary N) is 1. The fourth-order valence-corrected chi connectivity index (χ4v) is 2.59. The van der Waals surface area contributed by atoms with E-state index in [0.717, 1.165) is 11.1 Å². The number of rotatable bonds is 12. The number of halogens is 1. The van der Waals surface area contributed by atoms with Gasteiger partial charge in [0.05, 0.1) is 13.2 Å². The number of primary amides is 1. The Hall–Kier alpha value is -2.94. The molecule has 2 aromatic carbocycles. The van der Waals surface area contributed by atoms with Crippen molar-refractivity contribution in [3.05, 3.63) is 71.8 Å². The molecule has 0 aliphatic carbocycles. The number of hydrogen-bond donors (Lipinski definition) is 3. The maximum Gasteiger partial charge on any atom is 0.306 e. The minimum Gasteiger partial charge on any atom is -0.461 e. The lowest BCUT2D eigenvalue weighted by molar-refractivity contribution is -0.145.